The highest BCUT2D eigenvalue weighted by molar-refractivity contribution is 5.90. The zero-order valence-electron chi connectivity index (χ0n) is 8.88. The van der Waals surface area contributed by atoms with Gasteiger partial charge in [-0.2, -0.15) is 5.10 Å². The number of amides is 1. The highest BCUT2D eigenvalue weighted by atomic mass is 16.4. The number of hydrogen-bond acceptors (Lipinski definition) is 4. The molecule has 7 nitrogen and oxygen atoms in total. The highest BCUT2D eigenvalue weighted by Gasteiger charge is 2.07. The van der Waals surface area contributed by atoms with Crippen LogP contribution in [0.2, 0.25) is 0 Å². The fourth-order valence-electron chi connectivity index (χ4n) is 1.16. The molecule has 0 radical (unpaired) electrons. The summed E-state index contributed by atoms with van der Waals surface area (Å²) in [5, 5.41) is 14.9. The molecule has 0 fully saturated rings. The van der Waals surface area contributed by atoms with E-state index in [4.69, 9.17) is 10.8 Å². The van der Waals surface area contributed by atoms with Crippen molar-refractivity contribution in [2.45, 2.75) is 25.9 Å². The van der Waals surface area contributed by atoms with Crippen molar-refractivity contribution in [3.63, 3.8) is 0 Å². The number of rotatable bonds is 5. The van der Waals surface area contributed by atoms with Crippen molar-refractivity contribution in [2.24, 2.45) is 5.73 Å². The zero-order chi connectivity index (χ0) is 12.1. The highest BCUT2D eigenvalue weighted by Crippen LogP contribution is 2.05. The molecule has 1 aromatic heterocycles. The van der Waals surface area contributed by atoms with E-state index in [1.165, 1.54) is 17.1 Å². The lowest BCUT2D eigenvalue weighted by Gasteiger charge is -2.04. The van der Waals surface area contributed by atoms with E-state index in [0.29, 0.717) is 5.69 Å². The topological polar surface area (TPSA) is 110 Å². The van der Waals surface area contributed by atoms with Gasteiger partial charge in [0, 0.05) is 18.7 Å². The average Bonchev–Trinajstić information content (AvgIpc) is 2.49. The minimum absolute atomic E-state index is 0.212. The molecule has 0 bridgehead atoms. The van der Waals surface area contributed by atoms with Gasteiger partial charge in [0.05, 0.1) is 11.9 Å². The maximum atomic E-state index is 11.3. The Hall–Kier alpha value is -1.89. The van der Waals surface area contributed by atoms with E-state index in [-0.39, 0.29) is 24.9 Å². The van der Waals surface area contributed by atoms with Crippen molar-refractivity contribution in [1.82, 2.24) is 9.78 Å². The van der Waals surface area contributed by atoms with Crippen LogP contribution in [0, 0.1) is 0 Å². The molecule has 1 atom stereocenters. The summed E-state index contributed by atoms with van der Waals surface area (Å²) in [5.41, 5.74) is 5.92. The van der Waals surface area contributed by atoms with E-state index >= 15 is 0 Å². The van der Waals surface area contributed by atoms with Crippen LogP contribution in [0.1, 0.15) is 13.3 Å². The van der Waals surface area contributed by atoms with Gasteiger partial charge in [0.2, 0.25) is 5.91 Å². The first-order valence-electron chi connectivity index (χ1n) is 4.77. The molecule has 0 spiro atoms. The monoisotopic (exact) mass is 226 g/mol. The Kier molecular flexibility index (Phi) is 4.01. The second-order valence-electron chi connectivity index (χ2n) is 3.55. The fraction of sp³-hybridized carbons (Fsp3) is 0.444. The van der Waals surface area contributed by atoms with Gasteiger partial charge in [-0.25, -0.2) is 0 Å². The van der Waals surface area contributed by atoms with Gasteiger partial charge in [0.25, 0.3) is 0 Å². The molecule has 0 saturated heterocycles. The number of nitrogens with one attached hydrogen (secondary N) is 1. The van der Waals surface area contributed by atoms with Gasteiger partial charge < -0.3 is 16.2 Å². The minimum atomic E-state index is -0.989. The van der Waals surface area contributed by atoms with Crippen LogP contribution in [-0.2, 0) is 16.1 Å². The van der Waals surface area contributed by atoms with Gasteiger partial charge in [-0.15, -0.1) is 0 Å². The van der Waals surface area contributed by atoms with Gasteiger partial charge >= 0.3 is 5.97 Å². The predicted octanol–water partition coefficient (Wildman–Crippen LogP) is -0.357. The molecule has 7 heteroatoms. The molecule has 0 aliphatic rings. The molecule has 1 unspecified atom stereocenters. The van der Waals surface area contributed by atoms with Crippen LogP contribution in [0.4, 0.5) is 5.69 Å². The lowest BCUT2D eigenvalue weighted by Crippen LogP contribution is -2.23. The quantitative estimate of drug-likeness (QED) is 0.635. The summed E-state index contributed by atoms with van der Waals surface area (Å²) < 4.78 is 1.23. The van der Waals surface area contributed by atoms with E-state index < -0.39 is 5.97 Å². The summed E-state index contributed by atoms with van der Waals surface area (Å²) in [4.78, 5) is 21.7. The summed E-state index contributed by atoms with van der Waals surface area (Å²) in [6.07, 6.45) is 3.05. The number of aromatic nitrogens is 2. The number of carbonyl (C=O) groups excluding carboxylic acids is 1. The second-order valence-corrected chi connectivity index (χ2v) is 3.55. The van der Waals surface area contributed by atoms with Crippen molar-refractivity contribution < 1.29 is 14.7 Å². The molecule has 1 heterocycles. The zero-order valence-corrected chi connectivity index (χ0v) is 8.88. The minimum Gasteiger partial charge on any atom is -0.480 e. The fourth-order valence-corrected chi connectivity index (χ4v) is 1.16. The predicted molar refractivity (Wildman–Crippen MR) is 56.8 cm³/mol. The number of aliphatic carboxylic acids is 1. The summed E-state index contributed by atoms with van der Waals surface area (Å²) in [7, 11) is 0. The third-order valence-corrected chi connectivity index (χ3v) is 1.72. The van der Waals surface area contributed by atoms with Gasteiger partial charge in [-0.1, -0.05) is 0 Å². The van der Waals surface area contributed by atoms with E-state index in [2.05, 4.69) is 10.4 Å². The first-order chi connectivity index (χ1) is 7.47. The molecule has 0 aromatic carbocycles. The third kappa shape index (κ3) is 4.09. The maximum Gasteiger partial charge on any atom is 0.325 e. The van der Waals surface area contributed by atoms with Crippen LogP contribution in [0.15, 0.2) is 12.4 Å². The largest absolute Gasteiger partial charge is 0.480 e. The van der Waals surface area contributed by atoms with Crippen molar-refractivity contribution in [3.8, 4) is 0 Å². The molecule has 16 heavy (non-hydrogen) atoms. The molecule has 1 rings (SSSR count). The number of hydrogen-bond donors (Lipinski definition) is 3. The van der Waals surface area contributed by atoms with Crippen LogP contribution >= 0.6 is 0 Å². The van der Waals surface area contributed by atoms with Crippen molar-refractivity contribution >= 4 is 17.6 Å². The Bertz CT molecular complexity index is 386. The Balaban J connectivity index is 2.51. The van der Waals surface area contributed by atoms with Crippen LogP contribution in [0.25, 0.3) is 0 Å². The van der Waals surface area contributed by atoms with Gasteiger partial charge in [0.15, 0.2) is 0 Å². The molecule has 0 aliphatic heterocycles. The Labute approximate surface area is 92.2 Å². The molecule has 1 aromatic rings. The first kappa shape index (κ1) is 12.2. The summed E-state index contributed by atoms with van der Waals surface area (Å²) in [6, 6.07) is -0.214. The van der Waals surface area contributed by atoms with Crippen molar-refractivity contribution in [1.29, 1.82) is 0 Å². The summed E-state index contributed by atoms with van der Waals surface area (Å²) in [6.45, 7) is 1.50. The smallest absolute Gasteiger partial charge is 0.325 e. The van der Waals surface area contributed by atoms with Gasteiger partial charge in [-0.05, 0) is 6.92 Å². The van der Waals surface area contributed by atoms with E-state index in [1.807, 2.05) is 0 Å². The van der Waals surface area contributed by atoms with Crippen LogP contribution in [-0.4, -0.2) is 32.8 Å². The second kappa shape index (κ2) is 5.26. The van der Waals surface area contributed by atoms with Crippen LogP contribution in [0.5, 0.6) is 0 Å². The lowest BCUT2D eigenvalue weighted by molar-refractivity contribution is -0.137. The first-order valence-corrected chi connectivity index (χ1v) is 4.77. The molecule has 0 aliphatic carbocycles. The van der Waals surface area contributed by atoms with E-state index in [9.17, 15) is 9.59 Å². The van der Waals surface area contributed by atoms with Crippen LogP contribution in [0.3, 0.4) is 0 Å². The van der Waals surface area contributed by atoms with Crippen molar-refractivity contribution in [2.75, 3.05) is 5.32 Å². The number of anilines is 1. The van der Waals surface area contributed by atoms with Gasteiger partial charge in [0.1, 0.15) is 6.54 Å². The Morgan fingerprint density at radius 1 is 1.69 bits per heavy atom. The molecular formula is C9H14N4O3. The summed E-state index contributed by atoms with van der Waals surface area (Å²) in [5.74, 6) is -1.21. The Morgan fingerprint density at radius 3 is 2.94 bits per heavy atom. The third-order valence-electron chi connectivity index (χ3n) is 1.72. The van der Waals surface area contributed by atoms with Gasteiger partial charge in [-0.3, -0.25) is 14.3 Å². The van der Waals surface area contributed by atoms with E-state index in [0.717, 1.165) is 0 Å². The number of carbonyl (C=O) groups is 2. The van der Waals surface area contributed by atoms with Crippen LogP contribution < -0.4 is 11.1 Å². The number of carboxylic acid groups (broad SMARTS) is 1. The number of nitrogens with zero attached hydrogens (tertiary/aromatic N) is 2. The number of nitrogens with two attached hydrogens (primary N) is 1. The normalized spacial score (nSPS) is 12.1. The SMILES string of the molecule is CC(N)CC(=O)Nc1cnn(CC(=O)O)c1. The Morgan fingerprint density at radius 2 is 2.38 bits per heavy atom. The summed E-state index contributed by atoms with van der Waals surface area (Å²) >= 11 is 0. The molecule has 1 amide bonds. The number of carboxylic acids is 1. The standard InChI is InChI=1S/C9H14N4O3/c1-6(10)2-8(14)12-7-3-11-13(4-7)5-9(15)16/h3-4,6H,2,5,10H2,1H3,(H,12,14)(H,15,16). The van der Waals surface area contributed by atoms with E-state index in [1.54, 1.807) is 6.92 Å². The molecular weight excluding hydrogens is 212 g/mol. The molecule has 0 saturated carbocycles. The maximum absolute atomic E-state index is 11.3. The lowest BCUT2D eigenvalue weighted by atomic mass is 10.2. The van der Waals surface area contributed by atoms with Crippen molar-refractivity contribution in [3.05, 3.63) is 12.4 Å². The molecule has 88 valence electrons. The average molecular weight is 226 g/mol. The molecule has 4 N–H and O–H groups in total.